The Labute approximate surface area is 223 Å². The highest BCUT2D eigenvalue weighted by Gasteiger charge is 2.46. The maximum Gasteiger partial charge on any atom is 0.295 e. The van der Waals surface area contributed by atoms with Gasteiger partial charge in [-0.1, -0.05) is 24.3 Å². The molecule has 7 heteroatoms. The van der Waals surface area contributed by atoms with Crippen LogP contribution in [0, 0.1) is 6.92 Å². The molecule has 38 heavy (non-hydrogen) atoms. The van der Waals surface area contributed by atoms with Gasteiger partial charge < -0.3 is 24.2 Å². The van der Waals surface area contributed by atoms with Crippen molar-refractivity contribution in [3.05, 3.63) is 94.6 Å². The number of carbonyl (C=O) groups excluding carboxylic acids is 2. The monoisotopic (exact) mass is 515 g/mol. The normalized spacial score (nSPS) is 16.7. The Bertz CT molecular complexity index is 1360. The second-order valence-electron chi connectivity index (χ2n) is 9.43. The van der Waals surface area contributed by atoms with Crippen LogP contribution in [0.3, 0.4) is 0 Å². The largest absolute Gasteiger partial charge is 0.507 e. The minimum Gasteiger partial charge on any atom is -0.507 e. The lowest BCUT2D eigenvalue weighted by Crippen LogP contribution is -2.29. The number of nitrogens with zero attached hydrogens (tertiary/aromatic N) is 1. The minimum atomic E-state index is -0.806. The number of hydrogen-bond donors (Lipinski definition) is 1. The van der Waals surface area contributed by atoms with Gasteiger partial charge in [0, 0.05) is 12.1 Å². The van der Waals surface area contributed by atoms with Crippen molar-refractivity contribution in [3.63, 3.8) is 0 Å². The van der Waals surface area contributed by atoms with Crippen molar-refractivity contribution < 1.29 is 28.9 Å². The van der Waals surface area contributed by atoms with Crippen molar-refractivity contribution in [2.24, 2.45) is 0 Å². The van der Waals surface area contributed by atoms with Crippen LogP contribution >= 0.6 is 0 Å². The summed E-state index contributed by atoms with van der Waals surface area (Å²) in [6, 6.07) is 19.0. The van der Waals surface area contributed by atoms with Crippen LogP contribution < -0.4 is 14.2 Å². The van der Waals surface area contributed by atoms with Crippen LogP contribution in [-0.2, 0) is 16.1 Å². The molecule has 1 unspecified atom stereocenters. The number of likely N-dealkylation sites (tertiary alicyclic amines) is 1. The van der Waals surface area contributed by atoms with Crippen molar-refractivity contribution in [3.8, 4) is 17.2 Å². The van der Waals surface area contributed by atoms with Gasteiger partial charge in [-0.2, -0.15) is 0 Å². The molecule has 0 aliphatic carbocycles. The highest BCUT2D eigenvalue weighted by molar-refractivity contribution is 6.46. The van der Waals surface area contributed by atoms with Crippen molar-refractivity contribution in [2.45, 2.75) is 46.4 Å². The Kier molecular flexibility index (Phi) is 8.05. The summed E-state index contributed by atoms with van der Waals surface area (Å²) in [5, 5.41) is 11.4. The van der Waals surface area contributed by atoms with Crippen molar-refractivity contribution in [2.75, 3.05) is 13.7 Å². The summed E-state index contributed by atoms with van der Waals surface area (Å²) in [7, 11) is 1.59. The molecule has 7 nitrogen and oxygen atoms in total. The molecule has 3 aromatic carbocycles. The van der Waals surface area contributed by atoms with E-state index in [-0.39, 0.29) is 24.0 Å². The van der Waals surface area contributed by atoms with Gasteiger partial charge in [0.05, 0.1) is 31.4 Å². The fourth-order valence-corrected chi connectivity index (χ4v) is 4.62. The number of aryl methyl sites for hydroxylation is 1. The molecule has 1 saturated heterocycles. The van der Waals surface area contributed by atoms with E-state index < -0.39 is 17.7 Å². The zero-order valence-corrected chi connectivity index (χ0v) is 22.4. The standard InChI is InChI=1S/C31H33NO6/c1-6-37-26-15-12-23(16-20(26)4)29(33)27-28(22-8-7-9-25(17-22)38-19(2)3)32(31(35)30(27)34)18-21-10-13-24(36-5)14-11-21/h7-17,19,28,33H,6,18H2,1-5H3/b29-27+. The molecule has 1 aliphatic heterocycles. The summed E-state index contributed by atoms with van der Waals surface area (Å²) in [5.74, 6) is 0.361. The SMILES string of the molecule is CCOc1ccc(/C(O)=C2\C(=O)C(=O)N(Cc3ccc(OC)cc3)C2c2cccc(OC(C)C)c2)cc1C. The molecule has 0 radical (unpaired) electrons. The first kappa shape index (κ1) is 26.8. The summed E-state index contributed by atoms with van der Waals surface area (Å²) in [6.07, 6.45) is -0.0530. The van der Waals surface area contributed by atoms with Gasteiger partial charge in [-0.25, -0.2) is 0 Å². The third kappa shape index (κ3) is 5.52. The number of ketones is 1. The number of carbonyl (C=O) groups is 2. The maximum atomic E-state index is 13.4. The molecule has 1 atom stereocenters. The fourth-order valence-electron chi connectivity index (χ4n) is 4.62. The van der Waals surface area contributed by atoms with E-state index in [1.165, 1.54) is 4.90 Å². The van der Waals surface area contributed by atoms with Crippen LogP contribution in [-0.4, -0.2) is 41.5 Å². The molecule has 1 aliphatic rings. The summed E-state index contributed by atoms with van der Waals surface area (Å²) >= 11 is 0. The molecular formula is C31H33NO6. The highest BCUT2D eigenvalue weighted by Crippen LogP contribution is 2.41. The van der Waals surface area contributed by atoms with Gasteiger partial charge in [0.2, 0.25) is 0 Å². The molecule has 4 rings (SSSR count). The third-order valence-electron chi connectivity index (χ3n) is 6.35. The average Bonchev–Trinajstić information content (AvgIpc) is 3.14. The third-order valence-corrected chi connectivity index (χ3v) is 6.35. The maximum absolute atomic E-state index is 13.4. The summed E-state index contributed by atoms with van der Waals surface area (Å²) in [6.45, 7) is 8.31. The number of benzene rings is 3. The van der Waals surface area contributed by atoms with Gasteiger partial charge in [0.25, 0.3) is 11.7 Å². The quantitative estimate of drug-likeness (QED) is 0.220. The van der Waals surface area contributed by atoms with Crippen LogP contribution in [0.2, 0.25) is 0 Å². The molecule has 0 saturated carbocycles. The molecule has 3 aromatic rings. The molecule has 1 heterocycles. The van der Waals surface area contributed by atoms with Crippen LogP contribution in [0.1, 0.15) is 49.1 Å². The fraction of sp³-hybridized carbons (Fsp3) is 0.290. The number of aliphatic hydroxyl groups is 1. The van der Waals surface area contributed by atoms with E-state index in [4.69, 9.17) is 14.2 Å². The predicted molar refractivity (Wildman–Crippen MR) is 145 cm³/mol. The second kappa shape index (κ2) is 11.4. The number of Topliss-reactive ketones (excluding diaryl/α,β-unsaturated/α-hetero) is 1. The Morgan fingerprint density at radius 2 is 1.74 bits per heavy atom. The first-order valence-corrected chi connectivity index (χ1v) is 12.6. The smallest absolute Gasteiger partial charge is 0.295 e. The number of rotatable bonds is 9. The van der Waals surface area contributed by atoms with Gasteiger partial charge in [0.15, 0.2) is 0 Å². The van der Waals surface area contributed by atoms with Crippen molar-refractivity contribution in [1.82, 2.24) is 4.90 Å². The molecule has 198 valence electrons. The van der Waals surface area contributed by atoms with E-state index in [0.29, 0.717) is 35.0 Å². The van der Waals surface area contributed by atoms with Crippen molar-refractivity contribution >= 4 is 17.4 Å². The summed E-state index contributed by atoms with van der Waals surface area (Å²) in [4.78, 5) is 28.3. The van der Waals surface area contributed by atoms with Crippen LogP contribution in [0.4, 0.5) is 0 Å². The molecule has 0 spiro atoms. The van der Waals surface area contributed by atoms with Crippen LogP contribution in [0.15, 0.2) is 72.3 Å². The molecule has 1 fully saturated rings. The second-order valence-corrected chi connectivity index (χ2v) is 9.43. The lowest BCUT2D eigenvalue weighted by molar-refractivity contribution is -0.140. The summed E-state index contributed by atoms with van der Waals surface area (Å²) in [5.41, 5.74) is 2.78. The highest BCUT2D eigenvalue weighted by atomic mass is 16.5. The summed E-state index contributed by atoms with van der Waals surface area (Å²) < 4.78 is 16.8. The Hall–Kier alpha value is -4.26. The van der Waals surface area contributed by atoms with E-state index in [2.05, 4.69) is 0 Å². The van der Waals surface area contributed by atoms with E-state index >= 15 is 0 Å². The molecule has 0 bridgehead atoms. The minimum absolute atomic E-state index is 0.0359. The zero-order valence-electron chi connectivity index (χ0n) is 22.4. The van der Waals surface area contributed by atoms with Gasteiger partial charge in [-0.05, 0) is 86.8 Å². The first-order valence-electron chi connectivity index (χ1n) is 12.6. The predicted octanol–water partition coefficient (Wildman–Crippen LogP) is 5.81. The number of methoxy groups -OCH3 is 1. The number of amides is 1. The van der Waals surface area contributed by atoms with Gasteiger partial charge in [0.1, 0.15) is 23.0 Å². The van der Waals surface area contributed by atoms with Crippen molar-refractivity contribution in [1.29, 1.82) is 0 Å². The Morgan fingerprint density at radius 3 is 2.37 bits per heavy atom. The number of aliphatic hydroxyl groups excluding tert-OH is 1. The Morgan fingerprint density at radius 1 is 1.00 bits per heavy atom. The van der Waals surface area contributed by atoms with E-state index in [9.17, 15) is 14.7 Å². The number of ether oxygens (including phenoxy) is 3. The lowest BCUT2D eigenvalue weighted by atomic mass is 9.94. The van der Waals surface area contributed by atoms with Gasteiger partial charge >= 0.3 is 0 Å². The van der Waals surface area contributed by atoms with E-state index in [0.717, 1.165) is 11.1 Å². The zero-order chi connectivity index (χ0) is 27.4. The molecule has 1 amide bonds. The van der Waals surface area contributed by atoms with Gasteiger partial charge in [-0.15, -0.1) is 0 Å². The van der Waals surface area contributed by atoms with E-state index in [1.54, 1.807) is 37.4 Å². The Balaban J connectivity index is 1.83. The lowest BCUT2D eigenvalue weighted by Gasteiger charge is -2.26. The topological polar surface area (TPSA) is 85.3 Å². The number of hydrogen-bond acceptors (Lipinski definition) is 6. The van der Waals surface area contributed by atoms with Gasteiger partial charge in [-0.3, -0.25) is 9.59 Å². The first-order chi connectivity index (χ1) is 18.2. The van der Waals surface area contributed by atoms with Crippen LogP contribution in [0.25, 0.3) is 5.76 Å². The van der Waals surface area contributed by atoms with E-state index in [1.807, 2.05) is 64.1 Å². The van der Waals surface area contributed by atoms with Crippen LogP contribution in [0.5, 0.6) is 17.2 Å². The molecular weight excluding hydrogens is 482 g/mol. The molecule has 1 N–H and O–H groups in total. The average molecular weight is 516 g/mol. The molecule has 0 aromatic heterocycles.